The molecule has 0 amide bonds. The molecule has 1 aromatic rings. The molecule has 19 heavy (non-hydrogen) atoms. The number of anilines is 1. The molecule has 5 heteroatoms. The fourth-order valence-electron chi connectivity index (χ4n) is 2.35. The summed E-state index contributed by atoms with van der Waals surface area (Å²) in [6, 6.07) is 2.40. The van der Waals surface area contributed by atoms with Crippen molar-refractivity contribution in [2.75, 3.05) is 25.0 Å². The van der Waals surface area contributed by atoms with E-state index in [1.165, 1.54) is 0 Å². The van der Waals surface area contributed by atoms with Crippen LogP contribution in [0.15, 0.2) is 6.07 Å². The molecule has 0 saturated carbocycles. The predicted molar refractivity (Wildman–Crippen MR) is 76.2 cm³/mol. The number of nitrogens with one attached hydrogen (secondary N) is 1. The molecule has 1 aliphatic rings. The number of ether oxygens (including phenoxy) is 1. The van der Waals surface area contributed by atoms with Gasteiger partial charge in [-0.15, -0.1) is 0 Å². The number of nitrogens with zero attached hydrogens (tertiary/aromatic N) is 3. The van der Waals surface area contributed by atoms with Gasteiger partial charge in [0.05, 0.1) is 19.3 Å². The Morgan fingerprint density at radius 2 is 2.21 bits per heavy atom. The van der Waals surface area contributed by atoms with Crippen LogP contribution in [0.4, 0.5) is 5.82 Å². The van der Waals surface area contributed by atoms with E-state index in [1.807, 2.05) is 13.0 Å². The van der Waals surface area contributed by atoms with E-state index in [0.29, 0.717) is 6.04 Å². The summed E-state index contributed by atoms with van der Waals surface area (Å²) in [4.78, 5) is 11.5. The summed E-state index contributed by atoms with van der Waals surface area (Å²) < 4.78 is 5.65. The second-order valence-corrected chi connectivity index (χ2v) is 5.26. The molecular formula is C14H24N4O. The molecule has 0 bridgehead atoms. The highest BCUT2D eigenvalue weighted by atomic mass is 16.5. The Labute approximate surface area is 115 Å². The zero-order valence-corrected chi connectivity index (χ0v) is 12.3. The van der Waals surface area contributed by atoms with E-state index < -0.39 is 0 Å². The third-order valence-corrected chi connectivity index (χ3v) is 3.34. The summed E-state index contributed by atoms with van der Waals surface area (Å²) in [5.41, 5.74) is 1.01. The fraction of sp³-hybridized carbons (Fsp3) is 0.714. The lowest BCUT2D eigenvalue weighted by molar-refractivity contribution is -0.0534. The smallest absolute Gasteiger partial charge is 0.144 e. The van der Waals surface area contributed by atoms with E-state index in [1.54, 1.807) is 0 Å². The van der Waals surface area contributed by atoms with Crippen LogP contribution >= 0.6 is 0 Å². The Bertz CT molecular complexity index is 424. The van der Waals surface area contributed by atoms with Gasteiger partial charge in [0.2, 0.25) is 0 Å². The molecule has 0 spiro atoms. The zero-order chi connectivity index (χ0) is 13.8. The first-order valence-electron chi connectivity index (χ1n) is 7.02. The van der Waals surface area contributed by atoms with Crippen molar-refractivity contribution >= 4 is 5.82 Å². The Kier molecular flexibility index (Phi) is 4.71. The van der Waals surface area contributed by atoms with Gasteiger partial charge in [0.15, 0.2) is 0 Å². The van der Waals surface area contributed by atoms with Crippen LogP contribution in [0.2, 0.25) is 0 Å². The highest BCUT2D eigenvalue weighted by Crippen LogP contribution is 2.15. The first-order valence-corrected chi connectivity index (χ1v) is 7.02. The van der Waals surface area contributed by atoms with Crippen molar-refractivity contribution in [2.24, 2.45) is 0 Å². The standard InChI is InChI=1S/C14H24N4O/c1-5-15-13-6-10(2)16-14(17-13)8-18-7-12(4)19-9-11(18)3/h6,11-12H,5,7-9H2,1-4H3,(H,15,16,17). The van der Waals surface area contributed by atoms with Gasteiger partial charge in [-0.2, -0.15) is 0 Å². The monoisotopic (exact) mass is 264 g/mol. The molecule has 1 fully saturated rings. The van der Waals surface area contributed by atoms with Gasteiger partial charge in [0, 0.05) is 30.9 Å². The normalized spacial score (nSPS) is 24.4. The summed E-state index contributed by atoms with van der Waals surface area (Å²) in [6.45, 7) is 11.8. The first-order chi connectivity index (χ1) is 9.08. The first kappa shape index (κ1) is 14.2. The van der Waals surface area contributed by atoms with Crippen molar-refractivity contribution in [2.45, 2.75) is 46.4 Å². The van der Waals surface area contributed by atoms with E-state index in [0.717, 1.165) is 43.6 Å². The lowest BCUT2D eigenvalue weighted by Gasteiger charge is -2.36. The maximum Gasteiger partial charge on any atom is 0.144 e. The van der Waals surface area contributed by atoms with Crippen LogP contribution < -0.4 is 5.32 Å². The number of hydrogen-bond acceptors (Lipinski definition) is 5. The summed E-state index contributed by atoms with van der Waals surface area (Å²) in [7, 11) is 0. The molecular weight excluding hydrogens is 240 g/mol. The number of aromatic nitrogens is 2. The maximum absolute atomic E-state index is 5.65. The van der Waals surface area contributed by atoms with Gasteiger partial charge >= 0.3 is 0 Å². The van der Waals surface area contributed by atoms with Crippen LogP contribution in [0, 0.1) is 6.92 Å². The maximum atomic E-state index is 5.65. The fourth-order valence-corrected chi connectivity index (χ4v) is 2.35. The number of aryl methyl sites for hydroxylation is 1. The van der Waals surface area contributed by atoms with E-state index in [9.17, 15) is 0 Å². The molecule has 106 valence electrons. The molecule has 0 aromatic carbocycles. The average molecular weight is 264 g/mol. The minimum atomic E-state index is 0.286. The number of morpholine rings is 1. The van der Waals surface area contributed by atoms with Gasteiger partial charge in [-0.25, -0.2) is 9.97 Å². The van der Waals surface area contributed by atoms with Crippen LogP contribution in [0.5, 0.6) is 0 Å². The minimum Gasteiger partial charge on any atom is -0.376 e. The summed E-state index contributed by atoms with van der Waals surface area (Å²) in [6.07, 6.45) is 0.286. The van der Waals surface area contributed by atoms with Crippen LogP contribution in [0.1, 0.15) is 32.3 Å². The second kappa shape index (κ2) is 6.30. The van der Waals surface area contributed by atoms with Gasteiger partial charge in [0.1, 0.15) is 11.6 Å². The molecule has 1 aromatic heterocycles. The highest BCUT2D eigenvalue weighted by Gasteiger charge is 2.24. The Hall–Kier alpha value is -1.20. The molecule has 2 atom stereocenters. The van der Waals surface area contributed by atoms with E-state index in [2.05, 4.69) is 41.0 Å². The summed E-state index contributed by atoms with van der Waals surface area (Å²) in [5, 5.41) is 3.25. The lowest BCUT2D eigenvalue weighted by atomic mass is 10.2. The topological polar surface area (TPSA) is 50.3 Å². The molecule has 1 saturated heterocycles. The van der Waals surface area contributed by atoms with E-state index >= 15 is 0 Å². The molecule has 2 rings (SSSR count). The Balaban J connectivity index is 2.09. The molecule has 5 nitrogen and oxygen atoms in total. The van der Waals surface area contributed by atoms with Gasteiger partial charge in [-0.3, -0.25) is 4.90 Å². The molecule has 1 N–H and O–H groups in total. The van der Waals surface area contributed by atoms with E-state index in [4.69, 9.17) is 4.74 Å². The highest BCUT2D eigenvalue weighted by molar-refractivity contribution is 5.35. The van der Waals surface area contributed by atoms with Crippen molar-refractivity contribution in [3.63, 3.8) is 0 Å². The third kappa shape index (κ3) is 3.88. The Morgan fingerprint density at radius 3 is 2.95 bits per heavy atom. The quantitative estimate of drug-likeness (QED) is 0.899. The Morgan fingerprint density at radius 1 is 1.42 bits per heavy atom. The van der Waals surface area contributed by atoms with Gasteiger partial charge in [0.25, 0.3) is 0 Å². The van der Waals surface area contributed by atoms with Crippen molar-refractivity contribution < 1.29 is 4.74 Å². The molecule has 2 unspecified atom stereocenters. The average Bonchev–Trinajstić information content (AvgIpc) is 2.33. The van der Waals surface area contributed by atoms with Gasteiger partial charge < -0.3 is 10.1 Å². The summed E-state index contributed by atoms with van der Waals surface area (Å²) in [5.74, 6) is 1.80. The number of hydrogen-bond donors (Lipinski definition) is 1. The molecule has 0 aliphatic carbocycles. The number of rotatable bonds is 4. The zero-order valence-electron chi connectivity index (χ0n) is 12.3. The van der Waals surface area contributed by atoms with Crippen LogP contribution in [0.3, 0.4) is 0 Å². The van der Waals surface area contributed by atoms with Crippen molar-refractivity contribution in [1.29, 1.82) is 0 Å². The molecule has 1 aliphatic heterocycles. The molecule has 0 radical (unpaired) electrons. The van der Waals surface area contributed by atoms with Gasteiger partial charge in [-0.05, 0) is 27.7 Å². The molecule has 2 heterocycles. The summed E-state index contributed by atoms with van der Waals surface area (Å²) >= 11 is 0. The van der Waals surface area contributed by atoms with E-state index in [-0.39, 0.29) is 6.10 Å². The third-order valence-electron chi connectivity index (χ3n) is 3.34. The minimum absolute atomic E-state index is 0.286. The van der Waals surface area contributed by atoms with Crippen LogP contribution in [0.25, 0.3) is 0 Å². The lowest BCUT2D eigenvalue weighted by Crippen LogP contribution is -2.46. The van der Waals surface area contributed by atoms with Crippen LogP contribution in [-0.2, 0) is 11.3 Å². The van der Waals surface area contributed by atoms with Crippen molar-refractivity contribution in [3.8, 4) is 0 Å². The van der Waals surface area contributed by atoms with Gasteiger partial charge in [-0.1, -0.05) is 0 Å². The SMILES string of the molecule is CCNc1cc(C)nc(CN2CC(C)OCC2C)n1. The second-order valence-electron chi connectivity index (χ2n) is 5.26. The van der Waals surface area contributed by atoms with Crippen molar-refractivity contribution in [1.82, 2.24) is 14.9 Å². The largest absolute Gasteiger partial charge is 0.376 e. The van der Waals surface area contributed by atoms with Crippen molar-refractivity contribution in [3.05, 3.63) is 17.6 Å². The predicted octanol–water partition coefficient (Wildman–Crippen LogP) is 1.83. The van der Waals surface area contributed by atoms with Crippen LogP contribution in [-0.4, -0.2) is 46.7 Å².